The summed E-state index contributed by atoms with van der Waals surface area (Å²) in [5.41, 5.74) is 1.74. The minimum Gasteiger partial charge on any atom is -0.481 e. The van der Waals surface area contributed by atoms with Gasteiger partial charge in [-0.2, -0.15) is 0 Å². The fraction of sp³-hybridized carbons (Fsp3) is 0.714. The molecule has 0 bridgehead atoms. The monoisotopic (exact) mass is 222 g/mol. The van der Waals surface area contributed by atoms with Crippen LogP contribution in [-0.2, 0) is 4.79 Å². The molecule has 0 heterocycles. The van der Waals surface area contributed by atoms with Crippen LogP contribution in [0.25, 0.3) is 0 Å². The molecule has 0 saturated heterocycles. The van der Waals surface area contributed by atoms with Crippen LogP contribution in [-0.4, -0.2) is 34.4 Å². The Morgan fingerprint density at radius 2 is 2.21 bits per heavy atom. The number of hydrogen-bond donors (Lipinski definition) is 5. The van der Waals surface area contributed by atoms with Gasteiger partial charge < -0.3 is 15.5 Å². The van der Waals surface area contributed by atoms with Crippen molar-refractivity contribution in [1.29, 1.82) is 0 Å². The summed E-state index contributed by atoms with van der Waals surface area (Å²) in [6, 6.07) is 0. The maximum Gasteiger partial charge on any atom is 0.304 e. The number of thiocarbonyl (C=S) groups is 1. The second kappa shape index (κ2) is 5.74. The van der Waals surface area contributed by atoms with E-state index in [1.807, 2.05) is 0 Å². The molecule has 0 saturated carbocycles. The van der Waals surface area contributed by atoms with E-state index in [2.05, 4.69) is 16.6 Å². The first-order valence-corrected chi connectivity index (χ1v) is 4.48. The molecular formula is C7H16N3O3S+. The highest BCUT2D eigenvalue weighted by atomic mass is 32.1. The Morgan fingerprint density at radius 1 is 1.64 bits per heavy atom. The number of aliphatic hydroxyl groups is 1. The minimum atomic E-state index is -0.947. The smallest absolute Gasteiger partial charge is 0.304 e. The largest absolute Gasteiger partial charge is 0.481 e. The fourth-order valence-electron chi connectivity index (χ4n) is 0.896. The zero-order chi connectivity index (χ0) is 11.2. The van der Waals surface area contributed by atoms with Gasteiger partial charge in [0.1, 0.15) is 0 Å². The molecule has 1 unspecified atom stereocenters. The third-order valence-corrected chi connectivity index (χ3v) is 2.08. The fourth-order valence-corrected chi connectivity index (χ4v) is 0.968. The van der Waals surface area contributed by atoms with Gasteiger partial charge in [0.05, 0.1) is 13.0 Å². The summed E-state index contributed by atoms with van der Waals surface area (Å²) in [5.74, 6) is 2.39. The van der Waals surface area contributed by atoms with E-state index in [1.165, 1.54) is 0 Å². The first kappa shape index (κ1) is 13.1. The Bertz CT molecular complexity index is 224. The first-order chi connectivity index (χ1) is 6.43. The predicted molar refractivity (Wildman–Crippen MR) is 54.1 cm³/mol. The van der Waals surface area contributed by atoms with Crippen molar-refractivity contribution < 1.29 is 20.9 Å². The molecule has 7 heteroatoms. The molecule has 82 valence electrons. The average molecular weight is 222 g/mol. The van der Waals surface area contributed by atoms with Crippen molar-refractivity contribution in [3.63, 3.8) is 0 Å². The second-order valence-electron chi connectivity index (χ2n) is 3.40. The van der Waals surface area contributed by atoms with Gasteiger partial charge in [0.2, 0.25) is 5.11 Å². The maximum absolute atomic E-state index is 10.5. The van der Waals surface area contributed by atoms with E-state index in [-0.39, 0.29) is 19.6 Å². The van der Waals surface area contributed by atoms with E-state index in [0.29, 0.717) is 5.11 Å². The Hall–Kier alpha value is -0.920. The van der Waals surface area contributed by atoms with Crippen LogP contribution in [0.5, 0.6) is 0 Å². The van der Waals surface area contributed by atoms with Crippen molar-refractivity contribution in [3.05, 3.63) is 0 Å². The second-order valence-corrected chi connectivity index (χ2v) is 3.81. The van der Waals surface area contributed by atoms with E-state index in [4.69, 9.17) is 22.4 Å². The zero-order valence-corrected chi connectivity index (χ0v) is 8.86. The highest BCUT2D eigenvalue weighted by Crippen LogP contribution is 2.18. The molecule has 6 nitrogen and oxygen atoms in total. The van der Waals surface area contributed by atoms with E-state index in [1.54, 1.807) is 6.92 Å². The van der Waals surface area contributed by atoms with E-state index in [9.17, 15) is 4.79 Å². The van der Waals surface area contributed by atoms with Crippen LogP contribution in [0.3, 0.4) is 0 Å². The number of carboxylic acid groups (broad SMARTS) is 1. The number of nitrogens with one attached hydrogen (secondary N) is 2. The van der Waals surface area contributed by atoms with Gasteiger partial charge in [-0.15, -0.1) is 0 Å². The Labute approximate surface area is 87.4 Å². The van der Waals surface area contributed by atoms with Crippen molar-refractivity contribution in [2.24, 2.45) is 5.41 Å². The van der Waals surface area contributed by atoms with Crippen LogP contribution in [0.15, 0.2) is 0 Å². The maximum atomic E-state index is 10.5. The number of quaternary nitrogens is 1. The molecule has 0 rings (SSSR count). The standard InChI is InChI=1S/C7H15N3O3S/c1-7(4-11,2-5(12)13)3-9-6(14)10-8/h11H,2-4,8H2,1H3,(H,12,13)(H2,9,10,14)/p+1. The molecule has 0 amide bonds. The molecule has 0 aliphatic rings. The third-order valence-electron chi connectivity index (χ3n) is 1.80. The Kier molecular flexibility index (Phi) is 5.36. The molecule has 0 spiro atoms. The van der Waals surface area contributed by atoms with Crippen LogP contribution in [0.4, 0.5) is 0 Å². The molecule has 0 aliphatic heterocycles. The molecule has 0 aromatic carbocycles. The SMILES string of the molecule is CC(CO)(CNC(=S)N[NH3+])CC(=O)O. The van der Waals surface area contributed by atoms with Crippen LogP contribution < -0.4 is 16.6 Å². The number of carbonyl (C=O) groups is 1. The summed E-state index contributed by atoms with van der Waals surface area (Å²) in [4.78, 5) is 10.5. The third kappa shape index (κ3) is 4.95. The van der Waals surface area contributed by atoms with Gasteiger partial charge in [-0.05, 0) is 12.2 Å². The lowest BCUT2D eigenvalue weighted by atomic mass is 9.88. The summed E-state index contributed by atoms with van der Waals surface area (Å²) < 4.78 is 0. The van der Waals surface area contributed by atoms with Gasteiger partial charge in [-0.1, -0.05) is 6.92 Å². The summed E-state index contributed by atoms with van der Waals surface area (Å²) in [6.45, 7) is 1.74. The molecule has 1 atom stereocenters. The number of aliphatic hydroxyl groups excluding tert-OH is 1. The molecular weight excluding hydrogens is 206 g/mol. The highest BCUT2D eigenvalue weighted by molar-refractivity contribution is 7.80. The predicted octanol–water partition coefficient (Wildman–Crippen LogP) is -1.92. The van der Waals surface area contributed by atoms with Crippen molar-refractivity contribution in [1.82, 2.24) is 10.7 Å². The number of aliphatic carboxylic acids is 1. The van der Waals surface area contributed by atoms with Crippen molar-refractivity contribution in [2.45, 2.75) is 13.3 Å². The Balaban J connectivity index is 4.11. The van der Waals surface area contributed by atoms with Crippen LogP contribution in [0.1, 0.15) is 13.3 Å². The summed E-state index contributed by atoms with van der Waals surface area (Å²) in [7, 11) is 0. The number of carboxylic acids is 1. The van der Waals surface area contributed by atoms with Crippen molar-refractivity contribution >= 4 is 23.3 Å². The first-order valence-electron chi connectivity index (χ1n) is 4.07. The van der Waals surface area contributed by atoms with Gasteiger partial charge in [-0.25, -0.2) is 5.43 Å². The van der Waals surface area contributed by atoms with Gasteiger partial charge in [-0.3, -0.25) is 10.6 Å². The lowest BCUT2D eigenvalue weighted by molar-refractivity contribution is -0.419. The van der Waals surface area contributed by atoms with Crippen LogP contribution in [0.2, 0.25) is 0 Å². The lowest BCUT2D eigenvalue weighted by Gasteiger charge is -2.25. The highest BCUT2D eigenvalue weighted by Gasteiger charge is 2.26. The number of rotatable bonds is 5. The van der Waals surface area contributed by atoms with Crippen molar-refractivity contribution in [3.8, 4) is 0 Å². The van der Waals surface area contributed by atoms with Crippen molar-refractivity contribution in [2.75, 3.05) is 13.2 Å². The summed E-state index contributed by atoms with van der Waals surface area (Å²) >= 11 is 4.77. The zero-order valence-electron chi connectivity index (χ0n) is 8.04. The minimum absolute atomic E-state index is 0.115. The molecule has 0 aromatic rings. The average Bonchev–Trinajstić information content (AvgIpc) is 2.13. The molecule has 0 radical (unpaired) electrons. The molecule has 0 aromatic heterocycles. The molecule has 7 N–H and O–H groups in total. The van der Waals surface area contributed by atoms with E-state index < -0.39 is 11.4 Å². The van der Waals surface area contributed by atoms with Gasteiger partial charge in [0.25, 0.3) is 0 Å². The normalized spacial score (nSPS) is 14.2. The van der Waals surface area contributed by atoms with E-state index >= 15 is 0 Å². The quantitative estimate of drug-likeness (QED) is 0.274. The summed E-state index contributed by atoms with van der Waals surface area (Å²) in [5, 5.41) is 20.7. The number of hydrogen-bond acceptors (Lipinski definition) is 3. The van der Waals surface area contributed by atoms with Crippen LogP contribution in [0, 0.1) is 5.41 Å². The molecule has 14 heavy (non-hydrogen) atoms. The van der Waals surface area contributed by atoms with E-state index in [0.717, 1.165) is 0 Å². The lowest BCUT2D eigenvalue weighted by Crippen LogP contribution is -2.69. The Morgan fingerprint density at radius 3 is 2.57 bits per heavy atom. The van der Waals surface area contributed by atoms with Gasteiger partial charge >= 0.3 is 5.97 Å². The van der Waals surface area contributed by atoms with Gasteiger partial charge in [0, 0.05) is 12.0 Å². The molecule has 0 fully saturated rings. The molecule has 0 aliphatic carbocycles. The van der Waals surface area contributed by atoms with Crippen LogP contribution >= 0.6 is 12.2 Å². The van der Waals surface area contributed by atoms with Gasteiger partial charge in [0.15, 0.2) is 0 Å². The topological polar surface area (TPSA) is 109 Å². The summed E-state index contributed by atoms with van der Waals surface area (Å²) in [6.07, 6.45) is -0.115.